The van der Waals surface area contributed by atoms with Crippen molar-refractivity contribution in [2.24, 2.45) is 0 Å². The van der Waals surface area contributed by atoms with E-state index in [1.807, 2.05) is 18.2 Å². The molecule has 1 fully saturated rings. The van der Waals surface area contributed by atoms with Crippen molar-refractivity contribution >= 4 is 45.2 Å². The molecule has 2 N–H and O–H groups in total. The van der Waals surface area contributed by atoms with Crippen molar-refractivity contribution in [3.05, 3.63) is 64.7 Å². The number of ether oxygens (including phenoxy) is 2. The molecular formula is C23H22BrN3O5. The van der Waals surface area contributed by atoms with Crippen molar-refractivity contribution in [1.82, 2.24) is 4.90 Å². The van der Waals surface area contributed by atoms with E-state index in [0.717, 1.165) is 10.0 Å². The molecule has 0 aromatic heterocycles. The molecule has 32 heavy (non-hydrogen) atoms. The van der Waals surface area contributed by atoms with E-state index < -0.39 is 17.6 Å². The van der Waals surface area contributed by atoms with E-state index in [2.05, 4.69) is 26.6 Å². The standard InChI is InChI=1S/C23H22BrN3O5/c1-31-15-6-7-18-16(14-15)23(32-22(30)26-18)10-12-27(13-11-23)21(29)9-8-20(28)25-19-5-3-2-4-17(19)24/h2-9,14H,10-13H2,1H3,(H,25,28)(H,26,30)/b9-8+. The minimum atomic E-state index is -0.816. The van der Waals surface area contributed by atoms with Crippen LogP contribution >= 0.6 is 15.9 Å². The fraction of sp³-hybridized carbons (Fsp3) is 0.261. The lowest BCUT2D eigenvalue weighted by Crippen LogP contribution is -2.49. The molecule has 0 aliphatic carbocycles. The average Bonchev–Trinajstić information content (AvgIpc) is 2.79. The first-order valence-corrected chi connectivity index (χ1v) is 10.9. The number of likely N-dealkylation sites (tertiary alicyclic amines) is 1. The summed E-state index contributed by atoms with van der Waals surface area (Å²) in [6.07, 6.45) is 2.87. The zero-order valence-corrected chi connectivity index (χ0v) is 19.0. The van der Waals surface area contributed by atoms with Gasteiger partial charge in [0.25, 0.3) is 0 Å². The van der Waals surface area contributed by atoms with Crippen molar-refractivity contribution in [3.8, 4) is 5.75 Å². The van der Waals surface area contributed by atoms with Crippen LogP contribution in [0.15, 0.2) is 59.1 Å². The highest BCUT2D eigenvalue weighted by molar-refractivity contribution is 9.10. The van der Waals surface area contributed by atoms with Gasteiger partial charge in [0, 0.05) is 48.1 Å². The number of hydrogen-bond acceptors (Lipinski definition) is 5. The van der Waals surface area contributed by atoms with E-state index in [1.54, 1.807) is 36.3 Å². The van der Waals surface area contributed by atoms with Crippen LogP contribution in [0.2, 0.25) is 0 Å². The normalized spacial score (nSPS) is 16.8. The van der Waals surface area contributed by atoms with Gasteiger partial charge < -0.3 is 19.7 Å². The predicted octanol–water partition coefficient (Wildman–Crippen LogP) is 4.03. The van der Waals surface area contributed by atoms with Crippen LogP contribution in [0.3, 0.4) is 0 Å². The molecule has 1 saturated heterocycles. The number of hydrogen-bond donors (Lipinski definition) is 2. The van der Waals surface area contributed by atoms with Crippen LogP contribution in [0.4, 0.5) is 16.2 Å². The minimum absolute atomic E-state index is 0.270. The number of piperidine rings is 1. The maximum Gasteiger partial charge on any atom is 0.412 e. The molecule has 0 bridgehead atoms. The topological polar surface area (TPSA) is 97.0 Å². The Morgan fingerprint density at radius 1 is 1.19 bits per heavy atom. The molecule has 8 nitrogen and oxygen atoms in total. The maximum atomic E-state index is 12.6. The second kappa shape index (κ2) is 9.04. The SMILES string of the molecule is COc1ccc2c(c1)C1(CCN(C(=O)/C=C/C(=O)Nc3ccccc3Br)CC1)OC(=O)N2. The van der Waals surface area contributed by atoms with Crippen molar-refractivity contribution in [2.45, 2.75) is 18.4 Å². The Labute approximate surface area is 193 Å². The van der Waals surface area contributed by atoms with Crippen LogP contribution in [0.25, 0.3) is 0 Å². The van der Waals surface area contributed by atoms with Gasteiger partial charge in [0.1, 0.15) is 11.4 Å². The molecule has 2 aromatic rings. The average molecular weight is 500 g/mol. The Kier molecular flexibility index (Phi) is 6.18. The summed E-state index contributed by atoms with van der Waals surface area (Å²) < 4.78 is 11.8. The smallest absolute Gasteiger partial charge is 0.412 e. The van der Waals surface area contributed by atoms with E-state index >= 15 is 0 Å². The second-order valence-electron chi connectivity index (χ2n) is 7.55. The Bertz CT molecular complexity index is 1090. The molecule has 3 amide bonds. The summed E-state index contributed by atoms with van der Waals surface area (Å²) >= 11 is 3.36. The number of carbonyl (C=O) groups excluding carboxylic acids is 3. The van der Waals surface area contributed by atoms with Gasteiger partial charge in [0.2, 0.25) is 11.8 Å². The number of anilines is 2. The van der Waals surface area contributed by atoms with Crippen LogP contribution in [0.5, 0.6) is 5.75 Å². The van der Waals surface area contributed by atoms with Crippen molar-refractivity contribution < 1.29 is 23.9 Å². The van der Waals surface area contributed by atoms with Crippen molar-refractivity contribution in [2.75, 3.05) is 30.8 Å². The van der Waals surface area contributed by atoms with Crippen LogP contribution in [0.1, 0.15) is 18.4 Å². The largest absolute Gasteiger partial charge is 0.497 e. The number of fused-ring (bicyclic) bond motifs is 2. The molecule has 2 heterocycles. The predicted molar refractivity (Wildman–Crippen MR) is 123 cm³/mol. The molecule has 166 valence electrons. The number of benzene rings is 2. The molecule has 9 heteroatoms. The van der Waals surface area contributed by atoms with Gasteiger partial charge in [-0.15, -0.1) is 0 Å². The fourth-order valence-electron chi connectivity index (χ4n) is 3.95. The Morgan fingerprint density at radius 2 is 1.94 bits per heavy atom. The summed E-state index contributed by atoms with van der Waals surface area (Å²) in [5, 5.41) is 5.44. The number of amides is 3. The zero-order chi connectivity index (χ0) is 22.7. The number of para-hydroxylation sites is 1. The molecule has 4 rings (SSSR count). The lowest BCUT2D eigenvalue weighted by atomic mass is 9.82. The Hall–Kier alpha value is -3.33. The van der Waals surface area contributed by atoms with E-state index in [9.17, 15) is 14.4 Å². The Morgan fingerprint density at radius 3 is 2.66 bits per heavy atom. The third kappa shape index (κ3) is 4.47. The first-order chi connectivity index (χ1) is 15.4. The summed E-state index contributed by atoms with van der Waals surface area (Å²) in [6.45, 7) is 0.776. The third-order valence-electron chi connectivity index (χ3n) is 5.63. The van der Waals surface area contributed by atoms with Crippen molar-refractivity contribution in [3.63, 3.8) is 0 Å². The van der Waals surface area contributed by atoms with Crippen LogP contribution < -0.4 is 15.4 Å². The van der Waals surface area contributed by atoms with Gasteiger partial charge >= 0.3 is 6.09 Å². The number of nitrogens with zero attached hydrogens (tertiary/aromatic N) is 1. The van der Waals surface area contributed by atoms with Gasteiger partial charge in [-0.05, 0) is 46.3 Å². The molecule has 0 unspecified atom stereocenters. The number of carbonyl (C=O) groups is 3. The van der Waals surface area contributed by atoms with E-state index in [1.165, 1.54) is 12.2 Å². The second-order valence-corrected chi connectivity index (χ2v) is 8.40. The molecular weight excluding hydrogens is 478 g/mol. The first kappa shape index (κ1) is 21.9. The molecule has 0 saturated carbocycles. The monoisotopic (exact) mass is 499 g/mol. The zero-order valence-electron chi connectivity index (χ0n) is 17.4. The highest BCUT2D eigenvalue weighted by Crippen LogP contribution is 2.44. The molecule has 2 aromatic carbocycles. The molecule has 2 aliphatic rings. The van der Waals surface area contributed by atoms with E-state index in [4.69, 9.17) is 9.47 Å². The van der Waals surface area contributed by atoms with Crippen LogP contribution in [-0.2, 0) is 19.9 Å². The van der Waals surface area contributed by atoms with Gasteiger partial charge in [-0.1, -0.05) is 12.1 Å². The summed E-state index contributed by atoms with van der Waals surface area (Å²) in [5.41, 5.74) is 1.33. The summed E-state index contributed by atoms with van der Waals surface area (Å²) in [4.78, 5) is 38.5. The number of rotatable bonds is 4. The van der Waals surface area contributed by atoms with Gasteiger partial charge in [0.15, 0.2) is 0 Å². The fourth-order valence-corrected chi connectivity index (χ4v) is 4.34. The molecule has 0 atom stereocenters. The number of nitrogens with one attached hydrogen (secondary N) is 2. The van der Waals surface area contributed by atoms with Gasteiger partial charge in [0.05, 0.1) is 18.5 Å². The Balaban J connectivity index is 1.41. The third-order valence-corrected chi connectivity index (χ3v) is 6.33. The molecule has 0 radical (unpaired) electrons. The minimum Gasteiger partial charge on any atom is -0.497 e. The number of halogens is 1. The summed E-state index contributed by atoms with van der Waals surface area (Å²) in [6, 6.07) is 12.7. The summed E-state index contributed by atoms with van der Waals surface area (Å²) in [5.74, 6) is 0.000620. The van der Waals surface area contributed by atoms with Crippen LogP contribution in [0, 0.1) is 0 Å². The molecule has 1 spiro atoms. The maximum absolute atomic E-state index is 12.6. The van der Waals surface area contributed by atoms with E-state index in [-0.39, 0.29) is 5.91 Å². The highest BCUT2D eigenvalue weighted by Gasteiger charge is 2.45. The number of methoxy groups -OCH3 is 1. The van der Waals surface area contributed by atoms with E-state index in [0.29, 0.717) is 43.1 Å². The van der Waals surface area contributed by atoms with Gasteiger partial charge in [-0.25, -0.2) is 4.79 Å². The highest BCUT2D eigenvalue weighted by atomic mass is 79.9. The van der Waals surface area contributed by atoms with Crippen LogP contribution in [-0.4, -0.2) is 43.0 Å². The lowest BCUT2D eigenvalue weighted by Gasteiger charge is -2.44. The molecule has 2 aliphatic heterocycles. The first-order valence-electron chi connectivity index (χ1n) is 10.1. The van der Waals surface area contributed by atoms with Gasteiger partial charge in [-0.2, -0.15) is 0 Å². The van der Waals surface area contributed by atoms with Gasteiger partial charge in [-0.3, -0.25) is 14.9 Å². The summed E-state index contributed by atoms with van der Waals surface area (Å²) in [7, 11) is 1.58. The van der Waals surface area contributed by atoms with Crippen molar-refractivity contribution in [1.29, 1.82) is 0 Å². The quantitative estimate of drug-likeness (QED) is 0.618. The lowest BCUT2D eigenvalue weighted by molar-refractivity contribution is -0.130.